The Morgan fingerprint density at radius 1 is 1.17 bits per heavy atom. The van der Waals surface area contributed by atoms with Crippen LogP contribution in [0, 0.1) is 13.8 Å². The quantitative estimate of drug-likeness (QED) is 0.665. The van der Waals surface area contributed by atoms with Gasteiger partial charge in [0.15, 0.2) is 0 Å². The summed E-state index contributed by atoms with van der Waals surface area (Å²) >= 11 is 0. The molecule has 156 valence electrons. The maximum Gasteiger partial charge on any atom is 0.416 e. The van der Waals surface area contributed by atoms with Gasteiger partial charge in [-0.25, -0.2) is 13.1 Å². The standard InChI is InChI=1S/C18H20F3N5O2S/c1-11(2)26-13(4)17(12(3)23-26)29(27,28)24-15-10-14(18(19,20)21)6-7-16(15)25-9-5-8-22-25/h5-11,24H,1-4H3. The first-order valence-electron chi connectivity index (χ1n) is 8.71. The molecule has 0 aliphatic heterocycles. The van der Waals surface area contributed by atoms with Crippen molar-refractivity contribution in [1.82, 2.24) is 19.6 Å². The predicted octanol–water partition coefficient (Wildman–Crippen LogP) is 4.09. The summed E-state index contributed by atoms with van der Waals surface area (Å²) in [5, 5.41) is 8.23. The molecule has 3 aromatic rings. The molecule has 2 aromatic heterocycles. The van der Waals surface area contributed by atoms with Gasteiger partial charge in [-0.3, -0.25) is 9.40 Å². The Morgan fingerprint density at radius 3 is 2.38 bits per heavy atom. The number of alkyl halides is 3. The zero-order valence-electron chi connectivity index (χ0n) is 16.2. The number of hydrogen-bond acceptors (Lipinski definition) is 4. The molecular formula is C18H20F3N5O2S. The fourth-order valence-electron chi connectivity index (χ4n) is 3.14. The highest BCUT2D eigenvalue weighted by Crippen LogP contribution is 2.34. The molecule has 0 spiro atoms. The maximum atomic E-state index is 13.2. The maximum absolute atomic E-state index is 13.2. The van der Waals surface area contributed by atoms with Gasteiger partial charge in [-0.15, -0.1) is 0 Å². The largest absolute Gasteiger partial charge is 0.416 e. The van der Waals surface area contributed by atoms with Gasteiger partial charge in [-0.05, 0) is 52.0 Å². The molecule has 0 amide bonds. The lowest BCUT2D eigenvalue weighted by atomic mass is 10.1. The Labute approximate surface area is 166 Å². The number of aromatic nitrogens is 4. The summed E-state index contributed by atoms with van der Waals surface area (Å²) in [7, 11) is -4.20. The van der Waals surface area contributed by atoms with E-state index in [1.54, 1.807) is 24.6 Å². The van der Waals surface area contributed by atoms with E-state index in [1.807, 2.05) is 13.8 Å². The van der Waals surface area contributed by atoms with E-state index in [0.29, 0.717) is 5.69 Å². The number of sulfonamides is 1. The van der Waals surface area contributed by atoms with Crippen LogP contribution in [0.3, 0.4) is 0 Å². The minimum absolute atomic E-state index is 0.0602. The molecule has 0 atom stereocenters. The third-order valence-electron chi connectivity index (χ3n) is 4.34. The van der Waals surface area contributed by atoms with Gasteiger partial charge in [0, 0.05) is 18.4 Å². The molecule has 11 heteroatoms. The monoisotopic (exact) mass is 427 g/mol. The van der Waals surface area contributed by atoms with Crippen LogP contribution in [0.15, 0.2) is 41.6 Å². The summed E-state index contributed by atoms with van der Waals surface area (Å²) in [6.45, 7) is 6.86. The van der Waals surface area contributed by atoms with Crippen LogP contribution in [-0.2, 0) is 16.2 Å². The highest BCUT2D eigenvalue weighted by molar-refractivity contribution is 7.92. The van der Waals surface area contributed by atoms with Crippen LogP contribution in [0.5, 0.6) is 0 Å². The lowest BCUT2D eigenvalue weighted by Crippen LogP contribution is -2.18. The van der Waals surface area contributed by atoms with Crippen molar-refractivity contribution in [1.29, 1.82) is 0 Å². The van der Waals surface area contributed by atoms with E-state index in [0.717, 1.165) is 12.1 Å². The molecule has 1 N–H and O–H groups in total. The highest BCUT2D eigenvalue weighted by Gasteiger charge is 2.32. The summed E-state index contributed by atoms with van der Waals surface area (Å²) in [6.07, 6.45) is -1.68. The second-order valence-electron chi connectivity index (χ2n) is 6.82. The molecule has 0 bridgehead atoms. The summed E-state index contributed by atoms with van der Waals surface area (Å²) in [5.74, 6) is 0. The van der Waals surface area contributed by atoms with Crippen LogP contribution in [0.2, 0.25) is 0 Å². The number of aryl methyl sites for hydroxylation is 1. The first-order chi connectivity index (χ1) is 13.4. The molecule has 2 heterocycles. The first kappa shape index (κ1) is 20.9. The van der Waals surface area contributed by atoms with E-state index in [4.69, 9.17) is 0 Å². The van der Waals surface area contributed by atoms with E-state index in [-0.39, 0.29) is 28.0 Å². The van der Waals surface area contributed by atoms with Crippen LogP contribution < -0.4 is 4.72 Å². The van der Waals surface area contributed by atoms with Crippen molar-refractivity contribution >= 4 is 15.7 Å². The van der Waals surface area contributed by atoms with Gasteiger partial charge in [0.2, 0.25) is 0 Å². The summed E-state index contributed by atoms with van der Waals surface area (Å²) < 4.78 is 70.9. The number of hydrogen-bond donors (Lipinski definition) is 1. The fourth-order valence-corrected chi connectivity index (χ4v) is 4.61. The average molecular weight is 427 g/mol. The molecule has 1 aromatic carbocycles. The highest BCUT2D eigenvalue weighted by atomic mass is 32.2. The number of nitrogens with one attached hydrogen (secondary N) is 1. The third-order valence-corrected chi connectivity index (χ3v) is 5.95. The Balaban J connectivity index is 2.14. The third kappa shape index (κ3) is 4.00. The van der Waals surface area contributed by atoms with Crippen molar-refractivity contribution < 1.29 is 21.6 Å². The number of rotatable bonds is 5. The zero-order chi connectivity index (χ0) is 21.6. The number of benzene rings is 1. The van der Waals surface area contributed by atoms with E-state index in [1.165, 1.54) is 23.1 Å². The molecule has 0 saturated carbocycles. The van der Waals surface area contributed by atoms with E-state index in [2.05, 4.69) is 14.9 Å². The van der Waals surface area contributed by atoms with Crippen molar-refractivity contribution in [2.24, 2.45) is 0 Å². The normalized spacial score (nSPS) is 12.6. The molecule has 0 fully saturated rings. The zero-order valence-corrected chi connectivity index (χ0v) is 17.0. The average Bonchev–Trinajstić information content (AvgIpc) is 3.21. The second kappa shape index (κ2) is 7.21. The van der Waals surface area contributed by atoms with Crippen molar-refractivity contribution in [3.63, 3.8) is 0 Å². The summed E-state index contributed by atoms with van der Waals surface area (Å²) in [6, 6.07) is 4.31. The van der Waals surface area contributed by atoms with E-state index >= 15 is 0 Å². The van der Waals surface area contributed by atoms with Gasteiger partial charge in [0.1, 0.15) is 4.90 Å². The van der Waals surface area contributed by atoms with Crippen molar-refractivity contribution in [2.45, 2.75) is 44.8 Å². The molecule has 0 aliphatic carbocycles. The fraction of sp³-hybridized carbons (Fsp3) is 0.333. The lowest BCUT2D eigenvalue weighted by Gasteiger charge is -2.16. The Morgan fingerprint density at radius 2 is 1.86 bits per heavy atom. The SMILES string of the molecule is Cc1nn(C(C)C)c(C)c1S(=O)(=O)Nc1cc(C(F)(F)F)ccc1-n1cccn1. The van der Waals surface area contributed by atoms with Crippen molar-refractivity contribution in [2.75, 3.05) is 4.72 Å². The number of anilines is 1. The molecule has 0 radical (unpaired) electrons. The Kier molecular flexibility index (Phi) is 5.20. The van der Waals surface area contributed by atoms with Crippen LogP contribution in [0.25, 0.3) is 5.69 Å². The van der Waals surface area contributed by atoms with Crippen LogP contribution in [0.1, 0.15) is 36.8 Å². The van der Waals surface area contributed by atoms with Gasteiger partial charge >= 0.3 is 6.18 Å². The van der Waals surface area contributed by atoms with E-state index in [9.17, 15) is 21.6 Å². The topological polar surface area (TPSA) is 81.8 Å². The second-order valence-corrected chi connectivity index (χ2v) is 8.44. The van der Waals surface area contributed by atoms with Crippen molar-refractivity contribution in [3.8, 4) is 5.69 Å². The van der Waals surface area contributed by atoms with Crippen LogP contribution in [0.4, 0.5) is 18.9 Å². The van der Waals surface area contributed by atoms with Crippen LogP contribution >= 0.6 is 0 Å². The summed E-state index contributed by atoms with van der Waals surface area (Å²) in [5.41, 5.74) is -0.385. The molecule has 0 aliphatic rings. The van der Waals surface area contributed by atoms with Crippen LogP contribution in [-0.4, -0.2) is 28.0 Å². The Hall–Kier alpha value is -2.82. The van der Waals surface area contributed by atoms with Gasteiger partial charge in [0.25, 0.3) is 10.0 Å². The Bertz CT molecular complexity index is 1130. The molecule has 7 nitrogen and oxygen atoms in total. The number of nitrogens with zero attached hydrogens (tertiary/aromatic N) is 4. The number of halogens is 3. The van der Waals surface area contributed by atoms with Gasteiger partial charge < -0.3 is 0 Å². The minimum atomic E-state index is -4.63. The van der Waals surface area contributed by atoms with Gasteiger partial charge in [-0.2, -0.15) is 23.4 Å². The summed E-state index contributed by atoms with van der Waals surface area (Å²) in [4.78, 5) is -0.0602. The molecule has 0 saturated heterocycles. The minimum Gasteiger partial charge on any atom is -0.277 e. The lowest BCUT2D eigenvalue weighted by molar-refractivity contribution is -0.137. The molecular weight excluding hydrogens is 407 g/mol. The van der Waals surface area contributed by atoms with Gasteiger partial charge in [-0.1, -0.05) is 0 Å². The van der Waals surface area contributed by atoms with Gasteiger partial charge in [0.05, 0.1) is 28.3 Å². The smallest absolute Gasteiger partial charge is 0.277 e. The molecule has 29 heavy (non-hydrogen) atoms. The van der Waals surface area contributed by atoms with Crippen molar-refractivity contribution in [3.05, 3.63) is 53.6 Å². The van der Waals surface area contributed by atoms with E-state index < -0.39 is 21.8 Å². The predicted molar refractivity (Wildman–Crippen MR) is 101 cm³/mol. The molecule has 0 unspecified atom stereocenters. The molecule has 3 rings (SSSR count). The first-order valence-corrected chi connectivity index (χ1v) is 10.2.